The summed E-state index contributed by atoms with van der Waals surface area (Å²) in [4.78, 5) is 3.98. The van der Waals surface area contributed by atoms with Crippen LogP contribution in [0, 0.1) is 0 Å². The van der Waals surface area contributed by atoms with E-state index in [0.717, 1.165) is 0 Å². The Morgan fingerprint density at radius 1 is 1.33 bits per heavy atom. The van der Waals surface area contributed by atoms with Crippen LogP contribution in [-0.4, -0.2) is 34.5 Å². The van der Waals surface area contributed by atoms with Crippen LogP contribution in [0.4, 0.5) is 5.82 Å². The molecule has 0 aliphatic carbocycles. The van der Waals surface area contributed by atoms with Gasteiger partial charge in [-0.3, -0.25) is 0 Å². The van der Waals surface area contributed by atoms with Gasteiger partial charge < -0.3 is 15.5 Å². The highest BCUT2D eigenvalue weighted by Crippen LogP contribution is 2.01. The Labute approximate surface area is 70.9 Å². The lowest BCUT2D eigenvalue weighted by Crippen LogP contribution is -2.27. The maximum Gasteiger partial charge on any atom is 0.126 e. The molecular weight excluding hydrogens is 156 g/mol. The molecule has 0 aliphatic rings. The van der Waals surface area contributed by atoms with Crippen LogP contribution in [0.2, 0.25) is 0 Å². The van der Waals surface area contributed by atoms with Crippen molar-refractivity contribution in [1.82, 2.24) is 4.98 Å². The molecule has 0 saturated heterocycles. The monoisotopic (exact) mass is 168 g/mol. The van der Waals surface area contributed by atoms with E-state index >= 15 is 0 Å². The number of hydrogen-bond acceptors (Lipinski definition) is 4. The van der Waals surface area contributed by atoms with Crippen molar-refractivity contribution in [3.63, 3.8) is 0 Å². The molecular formula is C8H12N2O2. The minimum Gasteiger partial charge on any atom is -0.394 e. The van der Waals surface area contributed by atoms with Crippen LogP contribution in [0.25, 0.3) is 0 Å². The highest BCUT2D eigenvalue weighted by atomic mass is 16.3. The second kappa shape index (κ2) is 4.69. The van der Waals surface area contributed by atoms with E-state index in [2.05, 4.69) is 10.3 Å². The van der Waals surface area contributed by atoms with Gasteiger partial charge in [0.25, 0.3) is 0 Å². The Bertz CT molecular complexity index is 212. The van der Waals surface area contributed by atoms with Gasteiger partial charge in [-0.15, -0.1) is 0 Å². The fourth-order valence-corrected chi connectivity index (χ4v) is 0.806. The third kappa shape index (κ3) is 2.48. The largest absolute Gasteiger partial charge is 0.394 e. The molecule has 0 unspecified atom stereocenters. The van der Waals surface area contributed by atoms with E-state index in [9.17, 15) is 0 Å². The van der Waals surface area contributed by atoms with E-state index in [1.807, 2.05) is 6.07 Å². The topological polar surface area (TPSA) is 65.4 Å². The van der Waals surface area contributed by atoms with Crippen molar-refractivity contribution >= 4 is 5.82 Å². The molecule has 1 aromatic heterocycles. The summed E-state index contributed by atoms with van der Waals surface area (Å²) in [6.07, 6.45) is 1.65. The first-order valence-corrected chi connectivity index (χ1v) is 3.76. The van der Waals surface area contributed by atoms with Gasteiger partial charge in [0.2, 0.25) is 0 Å². The summed E-state index contributed by atoms with van der Waals surface area (Å²) in [5.41, 5.74) is 0. The summed E-state index contributed by atoms with van der Waals surface area (Å²) >= 11 is 0. The van der Waals surface area contributed by atoms with Gasteiger partial charge in [-0.1, -0.05) is 6.07 Å². The maximum atomic E-state index is 8.74. The zero-order chi connectivity index (χ0) is 8.81. The molecule has 66 valence electrons. The number of aliphatic hydroxyl groups excluding tert-OH is 2. The molecule has 1 aromatic rings. The van der Waals surface area contributed by atoms with E-state index in [0.29, 0.717) is 5.82 Å². The standard InChI is InChI=1S/C8H12N2O2/c11-5-7(6-12)10-8-3-1-2-4-9-8/h1-4,7,11-12H,5-6H2,(H,9,10). The van der Waals surface area contributed by atoms with Crippen LogP contribution >= 0.6 is 0 Å². The van der Waals surface area contributed by atoms with Crippen LogP contribution in [0.1, 0.15) is 0 Å². The lowest BCUT2D eigenvalue weighted by Gasteiger charge is -2.12. The van der Waals surface area contributed by atoms with Crippen molar-refractivity contribution in [3.05, 3.63) is 24.4 Å². The first kappa shape index (κ1) is 8.96. The summed E-state index contributed by atoms with van der Waals surface area (Å²) < 4.78 is 0. The number of pyridine rings is 1. The fourth-order valence-electron chi connectivity index (χ4n) is 0.806. The predicted molar refractivity (Wildman–Crippen MR) is 45.8 cm³/mol. The van der Waals surface area contributed by atoms with Gasteiger partial charge >= 0.3 is 0 Å². The zero-order valence-electron chi connectivity index (χ0n) is 6.64. The molecule has 12 heavy (non-hydrogen) atoms. The van der Waals surface area contributed by atoms with Gasteiger partial charge in [0.15, 0.2) is 0 Å². The van der Waals surface area contributed by atoms with Crippen molar-refractivity contribution in [2.75, 3.05) is 18.5 Å². The second-order valence-corrected chi connectivity index (χ2v) is 2.42. The van der Waals surface area contributed by atoms with Crippen LogP contribution in [-0.2, 0) is 0 Å². The number of aromatic nitrogens is 1. The lowest BCUT2D eigenvalue weighted by molar-refractivity contribution is 0.203. The molecule has 0 atom stereocenters. The first-order valence-electron chi connectivity index (χ1n) is 3.76. The average Bonchev–Trinajstić information content (AvgIpc) is 2.16. The molecule has 0 bridgehead atoms. The molecule has 4 nitrogen and oxygen atoms in total. The summed E-state index contributed by atoms with van der Waals surface area (Å²) in [7, 11) is 0. The molecule has 0 fully saturated rings. The van der Waals surface area contributed by atoms with Gasteiger partial charge in [0.1, 0.15) is 5.82 Å². The third-order valence-electron chi connectivity index (χ3n) is 1.46. The zero-order valence-corrected chi connectivity index (χ0v) is 6.64. The molecule has 3 N–H and O–H groups in total. The molecule has 0 aromatic carbocycles. The minimum absolute atomic E-state index is 0.104. The fraction of sp³-hybridized carbons (Fsp3) is 0.375. The van der Waals surface area contributed by atoms with Crippen molar-refractivity contribution < 1.29 is 10.2 Å². The first-order chi connectivity index (χ1) is 5.86. The number of rotatable bonds is 4. The Morgan fingerprint density at radius 2 is 2.08 bits per heavy atom. The Hall–Kier alpha value is -1.13. The number of aliphatic hydroxyl groups is 2. The molecule has 1 heterocycles. The normalized spacial score (nSPS) is 10.2. The summed E-state index contributed by atoms with van der Waals surface area (Å²) in [6, 6.07) is 5.08. The van der Waals surface area contributed by atoms with Gasteiger partial charge in [-0.25, -0.2) is 4.98 Å². The molecule has 0 amide bonds. The summed E-state index contributed by atoms with van der Waals surface area (Å²) in [6.45, 7) is -0.208. The van der Waals surface area contributed by atoms with Crippen LogP contribution in [0.15, 0.2) is 24.4 Å². The van der Waals surface area contributed by atoms with Crippen molar-refractivity contribution in [3.8, 4) is 0 Å². The van der Waals surface area contributed by atoms with Gasteiger partial charge in [-0.05, 0) is 12.1 Å². The summed E-state index contributed by atoms with van der Waals surface area (Å²) in [5.74, 6) is 0.658. The molecule has 1 rings (SSSR count). The number of nitrogens with one attached hydrogen (secondary N) is 1. The molecule has 4 heteroatoms. The number of nitrogens with zero attached hydrogens (tertiary/aromatic N) is 1. The number of hydrogen-bond donors (Lipinski definition) is 3. The van der Waals surface area contributed by atoms with Gasteiger partial charge in [0.05, 0.1) is 19.3 Å². The smallest absolute Gasteiger partial charge is 0.126 e. The maximum absolute atomic E-state index is 8.74. The Kier molecular flexibility index (Phi) is 3.50. The number of anilines is 1. The second-order valence-electron chi connectivity index (χ2n) is 2.42. The van der Waals surface area contributed by atoms with E-state index in [-0.39, 0.29) is 19.3 Å². The van der Waals surface area contributed by atoms with Crippen molar-refractivity contribution in [2.45, 2.75) is 6.04 Å². The highest BCUT2D eigenvalue weighted by Gasteiger charge is 2.04. The molecule has 0 spiro atoms. The minimum atomic E-state index is -0.333. The van der Waals surface area contributed by atoms with Crippen LogP contribution in [0.3, 0.4) is 0 Å². The average molecular weight is 168 g/mol. The van der Waals surface area contributed by atoms with E-state index in [1.165, 1.54) is 0 Å². The quantitative estimate of drug-likeness (QED) is 0.585. The van der Waals surface area contributed by atoms with Crippen LogP contribution < -0.4 is 5.32 Å². The van der Waals surface area contributed by atoms with E-state index < -0.39 is 0 Å². The molecule has 0 radical (unpaired) electrons. The van der Waals surface area contributed by atoms with Crippen LogP contribution in [0.5, 0.6) is 0 Å². The SMILES string of the molecule is OCC(CO)Nc1ccccn1. The summed E-state index contributed by atoms with van der Waals surface area (Å²) in [5, 5.41) is 20.3. The molecule has 0 saturated carbocycles. The highest BCUT2D eigenvalue weighted by molar-refractivity contribution is 5.34. The van der Waals surface area contributed by atoms with E-state index in [4.69, 9.17) is 10.2 Å². The third-order valence-corrected chi connectivity index (χ3v) is 1.46. The van der Waals surface area contributed by atoms with Gasteiger partial charge in [-0.2, -0.15) is 0 Å². The Balaban J connectivity index is 2.51. The van der Waals surface area contributed by atoms with Crippen molar-refractivity contribution in [2.24, 2.45) is 0 Å². The van der Waals surface area contributed by atoms with E-state index in [1.54, 1.807) is 18.3 Å². The lowest BCUT2D eigenvalue weighted by atomic mass is 10.3. The predicted octanol–water partition coefficient (Wildman–Crippen LogP) is -0.153. The van der Waals surface area contributed by atoms with Crippen molar-refractivity contribution in [1.29, 1.82) is 0 Å². The van der Waals surface area contributed by atoms with Gasteiger partial charge in [0, 0.05) is 6.20 Å². The Morgan fingerprint density at radius 3 is 2.58 bits per heavy atom. The molecule has 0 aliphatic heterocycles.